The Kier molecular flexibility index (Phi) is 3.16. The van der Waals surface area contributed by atoms with Crippen LogP contribution in [0.4, 0.5) is 0 Å². The van der Waals surface area contributed by atoms with E-state index in [9.17, 15) is 4.79 Å². The van der Waals surface area contributed by atoms with Crippen molar-refractivity contribution in [1.82, 2.24) is 4.98 Å². The molecule has 0 aliphatic carbocycles. The number of aromatic nitrogens is 1. The number of hydrogen-bond acceptors (Lipinski definition) is 3. The zero-order valence-electron chi connectivity index (χ0n) is 9.13. The van der Waals surface area contributed by atoms with Gasteiger partial charge < -0.3 is 10.8 Å². The monoisotopic (exact) mass is 228 g/mol. The van der Waals surface area contributed by atoms with Gasteiger partial charge in [0.1, 0.15) is 0 Å². The van der Waals surface area contributed by atoms with Crippen molar-refractivity contribution in [3.05, 3.63) is 53.7 Å². The van der Waals surface area contributed by atoms with E-state index in [-0.39, 0.29) is 5.56 Å². The van der Waals surface area contributed by atoms with Crippen LogP contribution in [0.15, 0.2) is 42.6 Å². The summed E-state index contributed by atoms with van der Waals surface area (Å²) in [5.74, 6) is -0.930. The second-order valence-corrected chi connectivity index (χ2v) is 3.64. The van der Waals surface area contributed by atoms with Gasteiger partial charge in [-0.1, -0.05) is 12.1 Å². The summed E-state index contributed by atoms with van der Waals surface area (Å²) in [4.78, 5) is 14.9. The van der Waals surface area contributed by atoms with Crippen LogP contribution in [-0.2, 0) is 6.54 Å². The molecular weight excluding hydrogens is 216 g/mol. The maximum Gasteiger partial charge on any atom is 0.335 e. The molecule has 0 aliphatic rings. The summed E-state index contributed by atoms with van der Waals surface area (Å²) < 4.78 is 0. The Balaban J connectivity index is 2.36. The van der Waals surface area contributed by atoms with E-state index in [1.807, 2.05) is 12.1 Å². The summed E-state index contributed by atoms with van der Waals surface area (Å²) >= 11 is 0. The lowest BCUT2D eigenvalue weighted by molar-refractivity contribution is 0.0697. The van der Waals surface area contributed by atoms with Gasteiger partial charge in [-0.15, -0.1) is 0 Å². The van der Waals surface area contributed by atoms with Gasteiger partial charge >= 0.3 is 5.97 Å². The number of carboxylic acids is 1. The first-order chi connectivity index (χ1) is 8.20. The van der Waals surface area contributed by atoms with Crippen LogP contribution >= 0.6 is 0 Å². The Hall–Kier alpha value is -2.20. The second kappa shape index (κ2) is 4.76. The molecule has 17 heavy (non-hydrogen) atoms. The number of carbonyl (C=O) groups is 1. The quantitative estimate of drug-likeness (QED) is 0.841. The maximum absolute atomic E-state index is 10.7. The molecule has 0 unspecified atom stereocenters. The first-order valence-corrected chi connectivity index (χ1v) is 5.19. The highest BCUT2D eigenvalue weighted by Gasteiger charge is 2.04. The predicted molar refractivity (Wildman–Crippen MR) is 64.5 cm³/mol. The Morgan fingerprint density at radius 2 is 1.94 bits per heavy atom. The molecule has 86 valence electrons. The van der Waals surface area contributed by atoms with Gasteiger partial charge in [-0.05, 0) is 29.8 Å². The minimum absolute atomic E-state index is 0.267. The van der Waals surface area contributed by atoms with Gasteiger partial charge in [-0.3, -0.25) is 4.98 Å². The summed E-state index contributed by atoms with van der Waals surface area (Å²) in [7, 11) is 0. The second-order valence-electron chi connectivity index (χ2n) is 3.64. The van der Waals surface area contributed by atoms with Gasteiger partial charge in [0.2, 0.25) is 0 Å². The number of aromatic carboxylic acids is 1. The molecule has 0 bridgehead atoms. The Labute approximate surface area is 98.7 Å². The van der Waals surface area contributed by atoms with Crippen LogP contribution in [-0.4, -0.2) is 16.1 Å². The first-order valence-electron chi connectivity index (χ1n) is 5.19. The fraction of sp³-hybridized carbons (Fsp3) is 0.0769. The van der Waals surface area contributed by atoms with Crippen molar-refractivity contribution in [2.75, 3.05) is 0 Å². The molecular formula is C13H12N2O2. The van der Waals surface area contributed by atoms with E-state index < -0.39 is 5.97 Å². The molecule has 4 nitrogen and oxygen atoms in total. The number of rotatable bonds is 3. The standard InChI is InChI=1S/C13H12N2O2/c14-8-9-5-6-15-12(7-9)10-1-3-11(4-2-10)13(16)17/h1-7H,8,14H2,(H,16,17). The minimum Gasteiger partial charge on any atom is -0.478 e. The van der Waals surface area contributed by atoms with E-state index in [1.165, 1.54) is 0 Å². The van der Waals surface area contributed by atoms with Gasteiger partial charge in [0.15, 0.2) is 0 Å². The molecule has 0 atom stereocenters. The lowest BCUT2D eigenvalue weighted by Crippen LogP contribution is -1.98. The molecule has 4 heteroatoms. The molecule has 0 amide bonds. The highest BCUT2D eigenvalue weighted by atomic mass is 16.4. The smallest absolute Gasteiger partial charge is 0.335 e. The van der Waals surface area contributed by atoms with Gasteiger partial charge in [0.05, 0.1) is 11.3 Å². The zero-order chi connectivity index (χ0) is 12.3. The van der Waals surface area contributed by atoms with Crippen LogP contribution in [0.3, 0.4) is 0 Å². The van der Waals surface area contributed by atoms with Crippen LogP contribution in [0.2, 0.25) is 0 Å². The summed E-state index contributed by atoms with van der Waals surface area (Å²) in [5, 5.41) is 8.80. The van der Waals surface area contributed by atoms with Crippen molar-refractivity contribution in [3.63, 3.8) is 0 Å². The van der Waals surface area contributed by atoms with Crippen LogP contribution in [0, 0.1) is 0 Å². The lowest BCUT2D eigenvalue weighted by Gasteiger charge is -2.03. The number of pyridine rings is 1. The van der Waals surface area contributed by atoms with E-state index in [1.54, 1.807) is 30.5 Å². The Morgan fingerprint density at radius 1 is 1.24 bits per heavy atom. The van der Waals surface area contributed by atoms with Gasteiger partial charge in [0, 0.05) is 18.3 Å². The highest BCUT2D eigenvalue weighted by molar-refractivity contribution is 5.88. The molecule has 1 heterocycles. The van der Waals surface area contributed by atoms with Crippen LogP contribution in [0.25, 0.3) is 11.3 Å². The molecule has 0 fully saturated rings. The molecule has 0 spiro atoms. The van der Waals surface area contributed by atoms with Gasteiger partial charge in [0.25, 0.3) is 0 Å². The fourth-order valence-electron chi connectivity index (χ4n) is 1.54. The summed E-state index contributed by atoms with van der Waals surface area (Å²) in [6, 6.07) is 10.4. The first kappa shape index (κ1) is 11.3. The third kappa shape index (κ3) is 2.49. The predicted octanol–water partition coefficient (Wildman–Crippen LogP) is 1.91. The Morgan fingerprint density at radius 3 is 2.53 bits per heavy atom. The summed E-state index contributed by atoms with van der Waals surface area (Å²) in [6.07, 6.45) is 1.70. The van der Waals surface area contributed by atoms with E-state index in [2.05, 4.69) is 4.98 Å². The lowest BCUT2D eigenvalue weighted by atomic mass is 10.1. The molecule has 3 N–H and O–H groups in total. The third-order valence-corrected chi connectivity index (χ3v) is 2.49. The van der Waals surface area contributed by atoms with Crippen LogP contribution in [0.5, 0.6) is 0 Å². The van der Waals surface area contributed by atoms with E-state index in [4.69, 9.17) is 10.8 Å². The van der Waals surface area contributed by atoms with Crippen LogP contribution in [0.1, 0.15) is 15.9 Å². The maximum atomic E-state index is 10.7. The Bertz CT molecular complexity index is 535. The van der Waals surface area contributed by atoms with E-state index in [0.29, 0.717) is 6.54 Å². The number of nitrogens with two attached hydrogens (primary N) is 1. The van der Waals surface area contributed by atoms with Crippen molar-refractivity contribution < 1.29 is 9.90 Å². The van der Waals surface area contributed by atoms with Crippen molar-refractivity contribution >= 4 is 5.97 Å². The summed E-state index contributed by atoms with van der Waals surface area (Å²) in [5.41, 5.74) is 8.50. The molecule has 2 rings (SSSR count). The number of hydrogen-bond donors (Lipinski definition) is 2. The van der Waals surface area contributed by atoms with E-state index >= 15 is 0 Å². The van der Waals surface area contributed by atoms with Gasteiger partial charge in [-0.2, -0.15) is 0 Å². The number of nitrogens with zero attached hydrogens (tertiary/aromatic N) is 1. The highest BCUT2D eigenvalue weighted by Crippen LogP contribution is 2.18. The molecule has 0 radical (unpaired) electrons. The normalized spacial score (nSPS) is 10.2. The van der Waals surface area contributed by atoms with E-state index in [0.717, 1.165) is 16.8 Å². The molecule has 0 saturated heterocycles. The SMILES string of the molecule is NCc1ccnc(-c2ccc(C(=O)O)cc2)c1. The fourth-order valence-corrected chi connectivity index (χ4v) is 1.54. The van der Waals surface area contributed by atoms with Crippen LogP contribution < -0.4 is 5.73 Å². The number of carboxylic acid groups (broad SMARTS) is 1. The average Bonchev–Trinajstić information content (AvgIpc) is 2.39. The molecule has 0 saturated carbocycles. The van der Waals surface area contributed by atoms with Crippen molar-refractivity contribution in [1.29, 1.82) is 0 Å². The molecule has 1 aromatic heterocycles. The largest absolute Gasteiger partial charge is 0.478 e. The minimum atomic E-state index is -0.930. The van der Waals surface area contributed by atoms with Crippen molar-refractivity contribution in [3.8, 4) is 11.3 Å². The average molecular weight is 228 g/mol. The molecule has 0 aliphatic heterocycles. The molecule has 1 aromatic carbocycles. The third-order valence-electron chi connectivity index (χ3n) is 2.49. The topological polar surface area (TPSA) is 76.2 Å². The van der Waals surface area contributed by atoms with Gasteiger partial charge in [-0.25, -0.2) is 4.79 Å². The van der Waals surface area contributed by atoms with Crippen molar-refractivity contribution in [2.45, 2.75) is 6.54 Å². The zero-order valence-corrected chi connectivity index (χ0v) is 9.13. The summed E-state index contributed by atoms with van der Waals surface area (Å²) in [6.45, 7) is 0.461. The number of benzene rings is 1. The molecule has 2 aromatic rings. The van der Waals surface area contributed by atoms with Crippen molar-refractivity contribution in [2.24, 2.45) is 5.73 Å².